The molecule has 0 saturated carbocycles. The van der Waals surface area contributed by atoms with Crippen molar-refractivity contribution >= 4 is 23.5 Å². The fourth-order valence-corrected chi connectivity index (χ4v) is 0.861. The van der Waals surface area contributed by atoms with E-state index in [1.165, 1.54) is 13.8 Å². The Morgan fingerprint density at radius 2 is 1.06 bits per heavy atom. The summed E-state index contributed by atoms with van der Waals surface area (Å²) in [6.07, 6.45) is 0.162. The van der Waals surface area contributed by atoms with Crippen LogP contribution in [0.4, 0.5) is 0 Å². The third-order valence-electron chi connectivity index (χ3n) is 1.80. The van der Waals surface area contributed by atoms with Gasteiger partial charge in [0.25, 0.3) is 0 Å². The first kappa shape index (κ1) is 15.3. The third kappa shape index (κ3) is 10.6. The number of ketones is 2. The molecule has 0 unspecified atom stereocenters. The minimum Gasteiger partial charge on any atom is -0.428 e. The van der Waals surface area contributed by atoms with Gasteiger partial charge in [-0.05, 0) is 13.8 Å². The van der Waals surface area contributed by atoms with Gasteiger partial charge in [0, 0.05) is 12.8 Å². The van der Waals surface area contributed by atoms with Crippen LogP contribution in [0.2, 0.25) is 0 Å². The number of esters is 2. The van der Waals surface area contributed by atoms with Gasteiger partial charge in [0.1, 0.15) is 11.6 Å². The molecule has 0 heterocycles. The number of hydrogen-bond acceptors (Lipinski definition) is 6. The highest BCUT2D eigenvalue weighted by molar-refractivity contribution is 5.81. The second-order valence-corrected chi connectivity index (χ2v) is 3.55. The molecule has 0 radical (unpaired) electrons. The Kier molecular flexibility index (Phi) is 7.58. The Bertz CT molecular complexity index is 277. The van der Waals surface area contributed by atoms with E-state index in [1.807, 2.05) is 0 Å². The van der Waals surface area contributed by atoms with Crippen molar-refractivity contribution in [1.82, 2.24) is 0 Å². The summed E-state index contributed by atoms with van der Waals surface area (Å²) in [5.74, 6) is -1.42. The molecule has 6 nitrogen and oxygen atoms in total. The first-order valence-electron chi connectivity index (χ1n) is 5.22. The fraction of sp³-hybridized carbons (Fsp3) is 0.636. The normalized spacial score (nSPS) is 9.53. The van der Waals surface area contributed by atoms with E-state index in [-0.39, 0.29) is 37.2 Å². The van der Waals surface area contributed by atoms with E-state index in [4.69, 9.17) is 0 Å². The Morgan fingerprint density at radius 1 is 0.706 bits per heavy atom. The van der Waals surface area contributed by atoms with Crippen molar-refractivity contribution in [3.8, 4) is 0 Å². The summed E-state index contributed by atoms with van der Waals surface area (Å²) in [6, 6.07) is 0. The Balaban J connectivity index is 3.55. The van der Waals surface area contributed by atoms with Crippen molar-refractivity contribution in [3.05, 3.63) is 0 Å². The number of rotatable bonds is 8. The first-order chi connectivity index (χ1) is 7.91. The predicted octanol–water partition coefficient (Wildman–Crippen LogP) is 0.769. The van der Waals surface area contributed by atoms with E-state index < -0.39 is 18.7 Å². The van der Waals surface area contributed by atoms with E-state index in [1.54, 1.807) is 0 Å². The number of carbonyl (C=O) groups is 4. The van der Waals surface area contributed by atoms with Crippen LogP contribution in [0.3, 0.4) is 0 Å². The van der Waals surface area contributed by atoms with E-state index in [9.17, 15) is 19.2 Å². The van der Waals surface area contributed by atoms with Gasteiger partial charge in [0.2, 0.25) is 6.79 Å². The summed E-state index contributed by atoms with van der Waals surface area (Å²) < 4.78 is 9.10. The van der Waals surface area contributed by atoms with Crippen LogP contribution >= 0.6 is 0 Å². The molecular weight excluding hydrogens is 228 g/mol. The molecule has 0 amide bonds. The van der Waals surface area contributed by atoms with Crippen LogP contribution in [0.25, 0.3) is 0 Å². The van der Waals surface area contributed by atoms with E-state index in [2.05, 4.69) is 9.47 Å². The molecule has 0 spiro atoms. The van der Waals surface area contributed by atoms with Gasteiger partial charge in [0.05, 0.1) is 12.8 Å². The standard InChI is InChI=1S/C11H16O6/c1-8(12)3-5-10(14)16-7-17-11(15)6-4-9(2)13/h3-7H2,1-2H3. The topological polar surface area (TPSA) is 86.7 Å². The van der Waals surface area contributed by atoms with Crippen LogP contribution in [0.5, 0.6) is 0 Å². The van der Waals surface area contributed by atoms with Crippen molar-refractivity contribution < 1.29 is 28.7 Å². The summed E-state index contributed by atoms with van der Waals surface area (Å²) in [4.78, 5) is 43.1. The van der Waals surface area contributed by atoms with Crippen LogP contribution in [0.1, 0.15) is 39.5 Å². The summed E-state index contributed by atoms with van der Waals surface area (Å²) in [5, 5.41) is 0. The lowest BCUT2D eigenvalue weighted by Crippen LogP contribution is -2.13. The first-order valence-corrected chi connectivity index (χ1v) is 5.22. The second kappa shape index (κ2) is 8.43. The van der Waals surface area contributed by atoms with Gasteiger partial charge in [-0.2, -0.15) is 0 Å². The van der Waals surface area contributed by atoms with Gasteiger partial charge in [-0.1, -0.05) is 0 Å². The maximum absolute atomic E-state index is 11.0. The van der Waals surface area contributed by atoms with Crippen molar-refractivity contribution in [3.63, 3.8) is 0 Å². The maximum atomic E-state index is 11.0. The molecule has 96 valence electrons. The van der Waals surface area contributed by atoms with Gasteiger partial charge < -0.3 is 19.1 Å². The van der Waals surface area contributed by atoms with Crippen LogP contribution in [-0.4, -0.2) is 30.3 Å². The zero-order valence-corrected chi connectivity index (χ0v) is 9.99. The molecule has 0 aliphatic rings. The highest BCUT2D eigenvalue weighted by atomic mass is 16.7. The smallest absolute Gasteiger partial charge is 0.309 e. The molecule has 17 heavy (non-hydrogen) atoms. The number of carbonyl (C=O) groups excluding carboxylic acids is 4. The number of hydrogen-bond donors (Lipinski definition) is 0. The Morgan fingerprint density at radius 3 is 1.35 bits per heavy atom. The molecule has 0 aromatic heterocycles. The lowest BCUT2D eigenvalue weighted by Gasteiger charge is -2.05. The maximum Gasteiger partial charge on any atom is 0.309 e. The fourth-order valence-electron chi connectivity index (χ4n) is 0.861. The van der Waals surface area contributed by atoms with Crippen molar-refractivity contribution in [2.75, 3.05) is 6.79 Å². The van der Waals surface area contributed by atoms with E-state index in [0.717, 1.165) is 0 Å². The molecule has 6 heteroatoms. The van der Waals surface area contributed by atoms with Crippen LogP contribution < -0.4 is 0 Å². The number of ether oxygens (including phenoxy) is 2. The van der Waals surface area contributed by atoms with Gasteiger partial charge in [-0.15, -0.1) is 0 Å². The zero-order valence-electron chi connectivity index (χ0n) is 9.99. The molecule has 0 aliphatic carbocycles. The molecule has 0 saturated heterocycles. The molecule has 0 aromatic carbocycles. The van der Waals surface area contributed by atoms with Gasteiger partial charge >= 0.3 is 11.9 Å². The second-order valence-electron chi connectivity index (χ2n) is 3.55. The van der Waals surface area contributed by atoms with Gasteiger partial charge in [-0.25, -0.2) is 0 Å². The average molecular weight is 244 g/mol. The zero-order chi connectivity index (χ0) is 13.3. The lowest BCUT2D eigenvalue weighted by atomic mass is 10.2. The van der Waals surface area contributed by atoms with Crippen LogP contribution in [0.15, 0.2) is 0 Å². The minimum atomic E-state index is -0.598. The van der Waals surface area contributed by atoms with Crippen LogP contribution in [-0.2, 0) is 28.7 Å². The largest absolute Gasteiger partial charge is 0.428 e. The monoisotopic (exact) mass is 244 g/mol. The highest BCUT2D eigenvalue weighted by Crippen LogP contribution is 1.97. The predicted molar refractivity (Wildman–Crippen MR) is 56.9 cm³/mol. The summed E-state index contributed by atoms with van der Waals surface area (Å²) in [5.41, 5.74) is 0. The van der Waals surface area contributed by atoms with Crippen LogP contribution in [0, 0.1) is 0 Å². The van der Waals surface area contributed by atoms with E-state index >= 15 is 0 Å². The molecule has 0 fully saturated rings. The van der Waals surface area contributed by atoms with Crippen molar-refractivity contribution in [2.45, 2.75) is 39.5 Å². The Labute approximate surface area is 99.3 Å². The quantitative estimate of drug-likeness (QED) is 0.463. The summed E-state index contributed by atoms with van der Waals surface area (Å²) in [7, 11) is 0. The van der Waals surface area contributed by atoms with Gasteiger partial charge in [-0.3, -0.25) is 9.59 Å². The molecular formula is C11H16O6. The lowest BCUT2D eigenvalue weighted by molar-refractivity contribution is -0.167. The van der Waals surface area contributed by atoms with Crippen molar-refractivity contribution in [1.29, 1.82) is 0 Å². The van der Waals surface area contributed by atoms with Gasteiger partial charge in [0.15, 0.2) is 0 Å². The molecule has 0 aromatic rings. The SMILES string of the molecule is CC(=O)CCC(=O)OCOC(=O)CCC(C)=O. The summed E-state index contributed by atoms with van der Waals surface area (Å²) in [6.45, 7) is 2.26. The number of Topliss-reactive ketones (excluding diaryl/α,β-unsaturated/α-hetero) is 2. The molecule has 0 N–H and O–H groups in total. The molecule has 0 rings (SSSR count). The Hall–Kier alpha value is -1.72. The third-order valence-corrected chi connectivity index (χ3v) is 1.80. The minimum absolute atomic E-state index is 0.0275. The molecule has 0 bridgehead atoms. The average Bonchev–Trinajstić information content (AvgIpc) is 2.23. The van der Waals surface area contributed by atoms with E-state index in [0.29, 0.717) is 0 Å². The molecule has 0 atom stereocenters. The highest BCUT2D eigenvalue weighted by Gasteiger charge is 2.08. The van der Waals surface area contributed by atoms with Crippen molar-refractivity contribution in [2.24, 2.45) is 0 Å². The summed E-state index contributed by atoms with van der Waals surface area (Å²) >= 11 is 0. The molecule has 0 aliphatic heterocycles.